The van der Waals surface area contributed by atoms with Crippen LogP contribution in [0.2, 0.25) is 0 Å². The molecule has 0 aliphatic rings. The van der Waals surface area contributed by atoms with Crippen molar-refractivity contribution in [2.45, 2.75) is 20.8 Å². The number of esters is 1. The maximum absolute atomic E-state index is 12.0. The van der Waals surface area contributed by atoms with Gasteiger partial charge in [-0.1, -0.05) is 25.2 Å². The number of aldehydes is 1. The van der Waals surface area contributed by atoms with Gasteiger partial charge in [0, 0.05) is 5.56 Å². The first-order chi connectivity index (χ1) is 12.4. The molecule has 0 fully saturated rings. The number of benzene rings is 1. The number of anilines is 1. The first kappa shape index (κ1) is 19.6. The smallest absolute Gasteiger partial charge is 0.350 e. The predicted octanol–water partition coefficient (Wildman–Crippen LogP) is 3.09. The Morgan fingerprint density at radius 2 is 1.96 bits per heavy atom. The maximum atomic E-state index is 12.0. The van der Waals surface area contributed by atoms with Gasteiger partial charge in [0.1, 0.15) is 16.9 Å². The molecule has 7 nitrogen and oxygen atoms in total. The summed E-state index contributed by atoms with van der Waals surface area (Å²) < 4.78 is 10.5. The molecule has 0 saturated heterocycles. The van der Waals surface area contributed by atoms with Gasteiger partial charge >= 0.3 is 5.97 Å². The Kier molecular flexibility index (Phi) is 6.85. The van der Waals surface area contributed by atoms with Crippen molar-refractivity contribution in [3.63, 3.8) is 0 Å². The largest absolute Gasteiger partial charge is 0.484 e. The Morgan fingerprint density at radius 1 is 1.27 bits per heavy atom. The standard InChI is InChI=1S/C18H20N2O5S/c1-11(2)9-25-17(23)16-12(3)19-18(26-16)20-15(22)10-24-14-6-4-13(8-21)5-7-14/h4-8,11H,9-10H2,1-3H3,(H,19,20,22). The van der Waals surface area contributed by atoms with E-state index in [0.29, 0.717) is 33.6 Å². The molecule has 1 amide bonds. The molecule has 2 rings (SSSR count). The van der Waals surface area contributed by atoms with Crippen molar-refractivity contribution in [3.05, 3.63) is 40.4 Å². The highest BCUT2D eigenvalue weighted by Crippen LogP contribution is 2.23. The molecular formula is C18H20N2O5S. The van der Waals surface area contributed by atoms with Crippen LogP contribution in [0.4, 0.5) is 5.13 Å². The number of rotatable bonds is 8. The lowest BCUT2D eigenvalue weighted by molar-refractivity contribution is -0.118. The van der Waals surface area contributed by atoms with Crippen LogP contribution < -0.4 is 10.1 Å². The number of nitrogens with zero attached hydrogens (tertiary/aromatic N) is 1. The van der Waals surface area contributed by atoms with Gasteiger partial charge in [-0.05, 0) is 37.1 Å². The number of ether oxygens (including phenoxy) is 2. The molecule has 0 spiro atoms. The van der Waals surface area contributed by atoms with Gasteiger partial charge in [-0.15, -0.1) is 0 Å². The molecule has 0 unspecified atom stereocenters. The van der Waals surface area contributed by atoms with E-state index >= 15 is 0 Å². The van der Waals surface area contributed by atoms with E-state index in [-0.39, 0.29) is 12.5 Å². The van der Waals surface area contributed by atoms with Crippen LogP contribution in [0, 0.1) is 12.8 Å². The van der Waals surface area contributed by atoms with Gasteiger partial charge in [-0.25, -0.2) is 9.78 Å². The third kappa shape index (κ3) is 5.66. The van der Waals surface area contributed by atoms with Crippen LogP contribution in [-0.4, -0.2) is 36.4 Å². The summed E-state index contributed by atoms with van der Waals surface area (Å²) in [5.74, 6) is -0.135. The number of carbonyl (C=O) groups is 3. The Bertz CT molecular complexity index is 783. The topological polar surface area (TPSA) is 94.6 Å². The van der Waals surface area contributed by atoms with Crippen LogP contribution in [0.1, 0.15) is 39.6 Å². The fourth-order valence-corrected chi connectivity index (χ4v) is 2.77. The molecule has 0 saturated carbocycles. The number of carbonyl (C=O) groups excluding carboxylic acids is 3. The molecule has 0 aliphatic heterocycles. The average Bonchev–Trinajstić information content (AvgIpc) is 2.98. The number of amides is 1. The fraction of sp³-hybridized carbons (Fsp3) is 0.333. The molecule has 1 heterocycles. The fourth-order valence-electron chi connectivity index (χ4n) is 1.89. The van der Waals surface area contributed by atoms with Crippen LogP contribution in [0.3, 0.4) is 0 Å². The molecule has 0 atom stereocenters. The van der Waals surface area contributed by atoms with Crippen molar-refractivity contribution >= 4 is 34.6 Å². The molecule has 2 aromatic rings. The second-order valence-electron chi connectivity index (χ2n) is 5.95. The highest BCUT2D eigenvalue weighted by molar-refractivity contribution is 7.17. The summed E-state index contributed by atoms with van der Waals surface area (Å²) in [6, 6.07) is 6.40. The van der Waals surface area contributed by atoms with Crippen LogP contribution in [0.5, 0.6) is 5.75 Å². The number of hydrogen-bond acceptors (Lipinski definition) is 7. The molecule has 138 valence electrons. The predicted molar refractivity (Wildman–Crippen MR) is 97.9 cm³/mol. The molecule has 1 aromatic heterocycles. The van der Waals surface area contributed by atoms with Gasteiger partial charge in [-0.2, -0.15) is 0 Å². The number of nitrogens with one attached hydrogen (secondary N) is 1. The van der Waals surface area contributed by atoms with Gasteiger partial charge in [0.25, 0.3) is 5.91 Å². The molecule has 8 heteroatoms. The normalized spacial score (nSPS) is 10.5. The lowest BCUT2D eigenvalue weighted by atomic mass is 10.2. The number of aromatic nitrogens is 1. The summed E-state index contributed by atoms with van der Waals surface area (Å²) in [6.45, 7) is 5.69. The van der Waals surface area contributed by atoms with Crippen molar-refractivity contribution in [3.8, 4) is 5.75 Å². The Labute approximate surface area is 155 Å². The molecular weight excluding hydrogens is 356 g/mol. The van der Waals surface area contributed by atoms with Crippen LogP contribution in [0.25, 0.3) is 0 Å². The highest BCUT2D eigenvalue weighted by atomic mass is 32.1. The van der Waals surface area contributed by atoms with Gasteiger partial charge in [-0.3, -0.25) is 14.9 Å². The lowest BCUT2D eigenvalue weighted by Gasteiger charge is -2.06. The van der Waals surface area contributed by atoms with E-state index in [0.717, 1.165) is 17.6 Å². The quantitative estimate of drug-likeness (QED) is 0.562. The second-order valence-corrected chi connectivity index (χ2v) is 6.95. The van der Waals surface area contributed by atoms with E-state index < -0.39 is 11.9 Å². The minimum Gasteiger partial charge on any atom is -0.484 e. The van der Waals surface area contributed by atoms with Gasteiger partial charge < -0.3 is 9.47 Å². The van der Waals surface area contributed by atoms with E-state index in [4.69, 9.17) is 9.47 Å². The summed E-state index contributed by atoms with van der Waals surface area (Å²) in [5, 5.41) is 2.90. The summed E-state index contributed by atoms with van der Waals surface area (Å²) in [4.78, 5) is 39.1. The lowest BCUT2D eigenvalue weighted by Crippen LogP contribution is -2.20. The number of hydrogen-bond donors (Lipinski definition) is 1. The molecule has 1 N–H and O–H groups in total. The van der Waals surface area contributed by atoms with Crippen molar-refractivity contribution in [1.82, 2.24) is 4.98 Å². The summed E-state index contributed by atoms with van der Waals surface area (Å²) in [7, 11) is 0. The summed E-state index contributed by atoms with van der Waals surface area (Å²) in [5.41, 5.74) is 1.03. The minimum absolute atomic E-state index is 0.216. The van der Waals surface area contributed by atoms with Crippen LogP contribution in [-0.2, 0) is 9.53 Å². The molecule has 26 heavy (non-hydrogen) atoms. The Hall–Kier alpha value is -2.74. The third-order valence-electron chi connectivity index (χ3n) is 3.16. The van der Waals surface area contributed by atoms with Crippen LogP contribution in [0.15, 0.2) is 24.3 Å². The molecule has 0 radical (unpaired) electrons. The van der Waals surface area contributed by atoms with Crippen molar-refractivity contribution in [1.29, 1.82) is 0 Å². The first-order valence-corrected chi connectivity index (χ1v) is 8.83. The van der Waals surface area contributed by atoms with Gasteiger partial charge in [0.05, 0.1) is 12.3 Å². The average molecular weight is 376 g/mol. The summed E-state index contributed by atoms with van der Waals surface area (Å²) >= 11 is 1.06. The van der Waals surface area contributed by atoms with Gasteiger partial charge in [0.2, 0.25) is 0 Å². The van der Waals surface area contributed by atoms with Crippen LogP contribution >= 0.6 is 11.3 Å². The minimum atomic E-state index is -0.444. The Morgan fingerprint density at radius 3 is 2.58 bits per heavy atom. The van der Waals surface area contributed by atoms with Crippen molar-refractivity contribution in [2.24, 2.45) is 5.92 Å². The van der Waals surface area contributed by atoms with E-state index in [1.165, 1.54) is 0 Å². The first-order valence-electron chi connectivity index (χ1n) is 8.01. The second kappa shape index (κ2) is 9.10. The number of aryl methyl sites for hydroxylation is 1. The summed E-state index contributed by atoms with van der Waals surface area (Å²) in [6.07, 6.45) is 0.727. The van der Waals surface area contributed by atoms with E-state index in [1.54, 1.807) is 31.2 Å². The SMILES string of the molecule is Cc1nc(NC(=O)COc2ccc(C=O)cc2)sc1C(=O)OCC(C)C. The molecule has 0 aliphatic carbocycles. The third-order valence-corrected chi connectivity index (χ3v) is 4.22. The monoisotopic (exact) mass is 376 g/mol. The Balaban J connectivity index is 1.89. The zero-order chi connectivity index (χ0) is 19.1. The van der Waals surface area contributed by atoms with E-state index in [2.05, 4.69) is 10.3 Å². The highest BCUT2D eigenvalue weighted by Gasteiger charge is 2.18. The number of thiazole rings is 1. The van der Waals surface area contributed by atoms with E-state index in [9.17, 15) is 14.4 Å². The maximum Gasteiger partial charge on any atom is 0.350 e. The molecule has 1 aromatic carbocycles. The van der Waals surface area contributed by atoms with Gasteiger partial charge in [0.15, 0.2) is 11.7 Å². The zero-order valence-electron chi connectivity index (χ0n) is 14.8. The van der Waals surface area contributed by atoms with Crippen molar-refractivity contribution in [2.75, 3.05) is 18.5 Å². The van der Waals surface area contributed by atoms with E-state index in [1.807, 2.05) is 13.8 Å². The zero-order valence-corrected chi connectivity index (χ0v) is 15.6. The van der Waals surface area contributed by atoms with Crippen molar-refractivity contribution < 1.29 is 23.9 Å². The molecule has 0 bridgehead atoms.